The van der Waals surface area contributed by atoms with Crippen LogP contribution in [0.15, 0.2) is 12.7 Å². The molecule has 0 aromatic heterocycles. The van der Waals surface area contributed by atoms with E-state index in [4.69, 9.17) is 23.7 Å². The lowest BCUT2D eigenvalue weighted by molar-refractivity contribution is -0.295. The number of esters is 1. The van der Waals surface area contributed by atoms with Crippen molar-refractivity contribution in [3.05, 3.63) is 12.7 Å². The van der Waals surface area contributed by atoms with Crippen LogP contribution in [0.25, 0.3) is 0 Å². The Hall–Kier alpha value is -1.44. The molecule has 3 heterocycles. The fourth-order valence-corrected chi connectivity index (χ4v) is 8.20. The molecular weight excluding hydrogens is 592 g/mol. The molecule has 3 N–H and O–H groups in total. The van der Waals surface area contributed by atoms with Gasteiger partial charge >= 0.3 is 5.97 Å². The van der Waals surface area contributed by atoms with E-state index in [1.165, 1.54) is 6.92 Å². The van der Waals surface area contributed by atoms with Crippen molar-refractivity contribution in [3.8, 4) is 0 Å². The molecule has 46 heavy (non-hydrogen) atoms. The average molecular weight is 655 g/mol. The highest BCUT2D eigenvalue weighted by molar-refractivity contribution is 6.00. The van der Waals surface area contributed by atoms with E-state index in [-0.39, 0.29) is 30.0 Å². The molecule has 3 fully saturated rings. The van der Waals surface area contributed by atoms with Crippen LogP contribution in [-0.2, 0) is 33.3 Å². The number of carbonyl (C=O) groups is 2. The third kappa shape index (κ3) is 8.05. The number of aliphatic hydroxyl groups excluding tert-OH is 1. The first-order valence-electron chi connectivity index (χ1n) is 17.1. The third-order valence-corrected chi connectivity index (χ3v) is 11.0. The monoisotopic (exact) mass is 654 g/mol. The molecule has 0 aromatic carbocycles. The minimum Gasteiger partial charge on any atom is -0.459 e. The molecular formula is C35H62N2O9. The fourth-order valence-electron chi connectivity index (χ4n) is 8.20. The summed E-state index contributed by atoms with van der Waals surface area (Å²) < 4.78 is 31.4. The SMILES string of the molecule is C=CCNCC[C@@H]1C2(C)OC2[C@H](C)C[C@@](C)(OC)[C@H](O[C@@H]2O[C@H](C)C[C@H](N(C)C)[C@H]2O)[C@@H](C)C(=O)C(C)C(=O)O[C@H](CC)[C@@]1(C)O. The Bertz CT molecular complexity index is 1060. The van der Waals surface area contributed by atoms with Crippen LogP contribution in [0.3, 0.4) is 0 Å². The zero-order valence-electron chi connectivity index (χ0n) is 30.1. The fraction of sp³-hybridized carbons (Fsp3) is 0.886. The van der Waals surface area contributed by atoms with E-state index in [1.807, 2.05) is 46.7 Å². The maximum absolute atomic E-state index is 14.1. The number of ketones is 1. The summed E-state index contributed by atoms with van der Waals surface area (Å²) in [6.45, 7) is 19.8. The molecule has 0 saturated carbocycles. The van der Waals surface area contributed by atoms with Crippen molar-refractivity contribution >= 4 is 11.8 Å². The number of methoxy groups -OCH3 is 1. The number of nitrogens with one attached hydrogen (secondary N) is 1. The van der Waals surface area contributed by atoms with Crippen LogP contribution in [0.4, 0.5) is 0 Å². The maximum Gasteiger partial charge on any atom is 0.316 e. The Kier molecular flexibility index (Phi) is 13.1. The van der Waals surface area contributed by atoms with Crippen LogP contribution in [0.1, 0.15) is 81.1 Å². The van der Waals surface area contributed by atoms with E-state index in [2.05, 4.69) is 18.8 Å². The molecule has 3 unspecified atom stereocenters. The van der Waals surface area contributed by atoms with Gasteiger partial charge in [-0.25, -0.2) is 0 Å². The molecule has 3 aliphatic rings. The number of cyclic esters (lactones) is 1. The molecule has 3 saturated heterocycles. The normalized spacial score (nSPS) is 45.9. The topological polar surface area (TPSA) is 139 Å². The zero-order valence-corrected chi connectivity index (χ0v) is 30.1. The van der Waals surface area contributed by atoms with Crippen molar-refractivity contribution in [2.24, 2.45) is 23.7 Å². The number of fused-ring (bicyclic) bond motifs is 1. The molecule has 0 aliphatic carbocycles. The van der Waals surface area contributed by atoms with E-state index in [0.29, 0.717) is 38.8 Å². The summed E-state index contributed by atoms with van der Waals surface area (Å²) in [6.07, 6.45) is -0.387. The second kappa shape index (κ2) is 15.4. The Labute approximate surface area is 276 Å². The summed E-state index contributed by atoms with van der Waals surface area (Å²) in [7, 11) is 5.39. The lowest BCUT2D eigenvalue weighted by Gasteiger charge is -2.47. The average Bonchev–Trinajstić information content (AvgIpc) is 3.69. The van der Waals surface area contributed by atoms with Gasteiger partial charge in [-0.3, -0.25) is 9.59 Å². The highest BCUT2D eigenvalue weighted by Crippen LogP contribution is 2.54. The number of hydrogen-bond donors (Lipinski definition) is 3. The largest absolute Gasteiger partial charge is 0.459 e. The van der Waals surface area contributed by atoms with Crippen LogP contribution in [0, 0.1) is 23.7 Å². The summed E-state index contributed by atoms with van der Waals surface area (Å²) >= 11 is 0. The van der Waals surface area contributed by atoms with Crippen molar-refractivity contribution in [3.63, 3.8) is 0 Å². The van der Waals surface area contributed by atoms with Gasteiger partial charge in [0.15, 0.2) is 12.1 Å². The molecule has 11 nitrogen and oxygen atoms in total. The molecule has 0 amide bonds. The molecule has 0 aromatic rings. The van der Waals surface area contributed by atoms with Gasteiger partial charge in [0.1, 0.15) is 23.7 Å². The number of carbonyl (C=O) groups excluding carboxylic acids is 2. The standard InChI is InChI=1S/C35H62N2O9/c1-13-16-36-17-15-25-34(8,41)26(14-2)44-31(40)23(6)27(38)22(5)30(33(7,42-12)19-20(3)29-35(25,9)46-29)45-32-28(39)24(37(10)11)18-21(4)43-32/h13,20-26,28-30,32,36,39,41H,1,14-19H2,2-12H3/t20-,21-,22+,23?,24+,25+,26-,28-,29?,30-,32+,33-,34+,35?/m1/s1. The Morgan fingerprint density at radius 1 is 1.15 bits per heavy atom. The molecule has 0 bridgehead atoms. The molecule has 0 spiro atoms. The predicted octanol–water partition coefficient (Wildman–Crippen LogP) is 3.10. The van der Waals surface area contributed by atoms with E-state index >= 15 is 0 Å². The van der Waals surface area contributed by atoms with Crippen LogP contribution in [0.2, 0.25) is 0 Å². The van der Waals surface area contributed by atoms with Crippen LogP contribution < -0.4 is 5.32 Å². The van der Waals surface area contributed by atoms with Gasteiger partial charge in [0, 0.05) is 31.5 Å². The van der Waals surface area contributed by atoms with Crippen molar-refractivity contribution in [2.45, 2.75) is 141 Å². The highest BCUT2D eigenvalue weighted by atomic mass is 16.7. The number of aliphatic hydroxyl groups is 2. The third-order valence-electron chi connectivity index (χ3n) is 11.0. The molecule has 3 aliphatic heterocycles. The van der Waals surface area contributed by atoms with Crippen LogP contribution >= 0.6 is 0 Å². The summed E-state index contributed by atoms with van der Waals surface area (Å²) in [5, 5.41) is 26.8. The van der Waals surface area contributed by atoms with Gasteiger partial charge in [-0.15, -0.1) is 6.58 Å². The van der Waals surface area contributed by atoms with Crippen LogP contribution in [-0.4, -0.2) is 121 Å². The predicted molar refractivity (Wildman–Crippen MR) is 175 cm³/mol. The Morgan fingerprint density at radius 3 is 2.37 bits per heavy atom. The van der Waals surface area contributed by atoms with Crippen molar-refractivity contribution in [1.82, 2.24) is 10.2 Å². The highest BCUT2D eigenvalue weighted by Gasteiger charge is 2.65. The van der Waals surface area contributed by atoms with Gasteiger partial charge in [0.25, 0.3) is 0 Å². The molecule has 0 radical (unpaired) electrons. The van der Waals surface area contributed by atoms with Crippen molar-refractivity contribution in [2.75, 3.05) is 34.3 Å². The smallest absolute Gasteiger partial charge is 0.316 e. The lowest BCUT2D eigenvalue weighted by atomic mass is 9.69. The minimum absolute atomic E-state index is 0.0728. The van der Waals surface area contributed by atoms with Gasteiger partial charge in [-0.2, -0.15) is 0 Å². The zero-order chi connectivity index (χ0) is 34.8. The number of hydrogen-bond acceptors (Lipinski definition) is 11. The maximum atomic E-state index is 14.1. The summed E-state index contributed by atoms with van der Waals surface area (Å²) in [5.74, 6) is -3.51. The first-order valence-corrected chi connectivity index (χ1v) is 17.1. The number of rotatable bonds is 10. The molecule has 14 atom stereocenters. The van der Waals surface area contributed by atoms with E-state index in [9.17, 15) is 19.8 Å². The molecule has 3 rings (SSSR count). The van der Waals surface area contributed by atoms with E-state index < -0.39 is 65.1 Å². The quantitative estimate of drug-likeness (QED) is 0.105. The van der Waals surface area contributed by atoms with Gasteiger partial charge in [-0.1, -0.05) is 26.8 Å². The summed E-state index contributed by atoms with van der Waals surface area (Å²) in [4.78, 5) is 29.6. The van der Waals surface area contributed by atoms with E-state index in [1.54, 1.807) is 27.0 Å². The first kappa shape index (κ1) is 39.0. The Morgan fingerprint density at radius 2 is 1.80 bits per heavy atom. The first-order chi connectivity index (χ1) is 21.4. The lowest BCUT2D eigenvalue weighted by Crippen LogP contribution is -2.59. The van der Waals surface area contributed by atoms with Gasteiger partial charge < -0.3 is 44.1 Å². The Balaban J connectivity index is 2.07. The van der Waals surface area contributed by atoms with Gasteiger partial charge in [-0.05, 0) is 86.9 Å². The van der Waals surface area contributed by atoms with Gasteiger partial charge in [0.05, 0.1) is 29.5 Å². The number of Topliss-reactive ketones (excluding diaryl/α,β-unsaturated/α-hetero) is 1. The second-order valence-electron chi connectivity index (χ2n) is 14.9. The number of epoxide rings is 1. The summed E-state index contributed by atoms with van der Waals surface area (Å²) in [6, 6.07) is -0.211. The van der Waals surface area contributed by atoms with E-state index in [0.717, 1.165) is 0 Å². The summed E-state index contributed by atoms with van der Waals surface area (Å²) in [5.41, 5.74) is -3.19. The second-order valence-corrected chi connectivity index (χ2v) is 14.9. The molecule has 266 valence electrons. The molecule has 11 heteroatoms. The van der Waals surface area contributed by atoms with Gasteiger partial charge in [0.2, 0.25) is 0 Å². The number of ether oxygens (including phenoxy) is 5. The number of likely N-dealkylation sites (N-methyl/N-ethyl adjacent to an activating group) is 1. The van der Waals surface area contributed by atoms with Crippen molar-refractivity contribution < 1.29 is 43.5 Å². The minimum atomic E-state index is -1.44. The van der Waals surface area contributed by atoms with Crippen LogP contribution in [0.5, 0.6) is 0 Å². The van der Waals surface area contributed by atoms with Crippen molar-refractivity contribution in [1.29, 1.82) is 0 Å². The number of nitrogens with zero attached hydrogens (tertiary/aromatic N) is 1.